The van der Waals surface area contributed by atoms with Crippen LogP contribution in [0.25, 0.3) is 0 Å². The first-order valence-electron chi connectivity index (χ1n) is 6.69. The Kier molecular flexibility index (Phi) is 4.95. The van der Waals surface area contributed by atoms with E-state index in [0.717, 1.165) is 16.5 Å². The van der Waals surface area contributed by atoms with E-state index in [0.29, 0.717) is 0 Å². The van der Waals surface area contributed by atoms with Crippen LogP contribution >= 0.6 is 15.9 Å². The molecule has 1 N–H and O–H groups in total. The van der Waals surface area contributed by atoms with Gasteiger partial charge in [0.1, 0.15) is 5.82 Å². The summed E-state index contributed by atoms with van der Waals surface area (Å²) in [7, 11) is 1.96. The summed E-state index contributed by atoms with van der Waals surface area (Å²) in [4.78, 5) is 0. The van der Waals surface area contributed by atoms with Gasteiger partial charge in [0.25, 0.3) is 0 Å². The fourth-order valence-corrected chi connectivity index (χ4v) is 2.65. The molecule has 1 unspecified atom stereocenters. The molecule has 0 aliphatic rings. The molecule has 2 aromatic carbocycles. The molecule has 0 aliphatic heterocycles. The Morgan fingerprint density at radius 1 is 1.10 bits per heavy atom. The lowest BCUT2D eigenvalue weighted by atomic mass is 9.96. The number of benzene rings is 2. The Bertz CT molecular complexity index is 569. The van der Waals surface area contributed by atoms with E-state index >= 15 is 0 Å². The van der Waals surface area contributed by atoms with Crippen LogP contribution in [0, 0.1) is 19.7 Å². The largest absolute Gasteiger partial charge is 0.313 e. The van der Waals surface area contributed by atoms with Crippen LogP contribution in [0.5, 0.6) is 0 Å². The van der Waals surface area contributed by atoms with E-state index in [9.17, 15) is 4.39 Å². The van der Waals surface area contributed by atoms with Crippen LogP contribution in [0.2, 0.25) is 0 Å². The summed E-state index contributed by atoms with van der Waals surface area (Å²) >= 11 is 3.60. The number of rotatable bonds is 4. The molecule has 1 atom stereocenters. The highest BCUT2D eigenvalue weighted by Crippen LogP contribution is 2.27. The molecule has 0 heterocycles. The molecule has 1 nitrogen and oxygen atoms in total. The number of halogens is 2. The molecule has 20 heavy (non-hydrogen) atoms. The molecule has 0 fully saturated rings. The fourth-order valence-electron chi connectivity index (χ4n) is 2.42. The number of likely N-dealkylation sites (N-methyl/N-ethyl adjacent to an activating group) is 1. The molecule has 2 aromatic rings. The molecule has 0 aromatic heterocycles. The average Bonchev–Trinajstić information content (AvgIpc) is 2.43. The van der Waals surface area contributed by atoms with Gasteiger partial charge in [-0.05, 0) is 61.7 Å². The maximum Gasteiger partial charge on any atom is 0.123 e. The Morgan fingerprint density at radius 3 is 2.15 bits per heavy atom. The van der Waals surface area contributed by atoms with Crippen molar-refractivity contribution in [1.29, 1.82) is 0 Å². The maximum atomic E-state index is 13.0. The third kappa shape index (κ3) is 3.47. The first-order valence-corrected chi connectivity index (χ1v) is 7.49. The third-order valence-electron chi connectivity index (χ3n) is 3.56. The van der Waals surface area contributed by atoms with Crippen LogP contribution in [-0.2, 0) is 6.42 Å². The highest BCUT2D eigenvalue weighted by Gasteiger charge is 2.12. The Morgan fingerprint density at radius 2 is 1.65 bits per heavy atom. The molecule has 3 heteroatoms. The normalized spacial score (nSPS) is 12.4. The molecule has 2 rings (SSSR count). The van der Waals surface area contributed by atoms with Gasteiger partial charge in [-0.25, -0.2) is 4.39 Å². The van der Waals surface area contributed by atoms with Crippen LogP contribution in [0.15, 0.2) is 40.9 Å². The van der Waals surface area contributed by atoms with Gasteiger partial charge in [-0.15, -0.1) is 0 Å². The Hall–Kier alpha value is -1.19. The third-order valence-corrected chi connectivity index (χ3v) is 4.81. The van der Waals surface area contributed by atoms with Gasteiger partial charge < -0.3 is 5.32 Å². The lowest BCUT2D eigenvalue weighted by Crippen LogP contribution is -2.19. The van der Waals surface area contributed by atoms with Crippen molar-refractivity contribution in [1.82, 2.24) is 5.32 Å². The highest BCUT2D eigenvalue weighted by atomic mass is 79.9. The quantitative estimate of drug-likeness (QED) is 0.853. The molecule has 106 valence electrons. The second-order valence-electron chi connectivity index (χ2n) is 5.14. The van der Waals surface area contributed by atoms with Crippen molar-refractivity contribution >= 4 is 15.9 Å². The fraction of sp³-hybridized carbons (Fsp3) is 0.294. The van der Waals surface area contributed by atoms with Crippen LogP contribution in [0.1, 0.15) is 28.3 Å². The van der Waals surface area contributed by atoms with Gasteiger partial charge in [0.15, 0.2) is 0 Å². The molecular formula is C17H19BrFN. The standard InChI is InChI=1S/C17H19BrFN/c1-11-8-14(9-12(2)17(11)18)16(20-3)10-13-4-6-15(19)7-5-13/h4-9,16,20H,10H2,1-3H3. The average molecular weight is 336 g/mol. The first kappa shape index (κ1) is 15.2. The number of hydrogen-bond acceptors (Lipinski definition) is 1. The van der Waals surface area contributed by atoms with Crippen LogP contribution < -0.4 is 5.32 Å². The minimum atomic E-state index is -0.190. The number of hydrogen-bond donors (Lipinski definition) is 1. The zero-order valence-corrected chi connectivity index (χ0v) is 13.6. The van der Waals surface area contributed by atoms with E-state index < -0.39 is 0 Å². The summed E-state index contributed by atoms with van der Waals surface area (Å²) in [6, 6.07) is 11.3. The summed E-state index contributed by atoms with van der Waals surface area (Å²) in [5, 5.41) is 3.35. The van der Waals surface area contributed by atoms with Gasteiger partial charge in [-0.1, -0.05) is 40.2 Å². The van der Waals surface area contributed by atoms with Crippen molar-refractivity contribution in [2.75, 3.05) is 7.05 Å². The Balaban J connectivity index is 2.26. The predicted molar refractivity (Wildman–Crippen MR) is 85.5 cm³/mol. The minimum Gasteiger partial charge on any atom is -0.313 e. The van der Waals surface area contributed by atoms with E-state index in [1.807, 2.05) is 19.2 Å². The van der Waals surface area contributed by atoms with Crippen molar-refractivity contribution in [3.63, 3.8) is 0 Å². The lowest BCUT2D eigenvalue weighted by Gasteiger charge is -2.19. The van der Waals surface area contributed by atoms with Crippen molar-refractivity contribution in [2.24, 2.45) is 0 Å². The SMILES string of the molecule is CNC(Cc1ccc(F)cc1)c1cc(C)c(Br)c(C)c1. The van der Waals surface area contributed by atoms with E-state index in [2.05, 4.69) is 47.2 Å². The lowest BCUT2D eigenvalue weighted by molar-refractivity contribution is 0.588. The van der Waals surface area contributed by atoms with Gasteiger partial charge in [0.2, 0.25) is 0 Å². The second kappa shape index (κ2) is 6.51. The number of nitrogens with one attached hydrogen (secondary N) is 1. The van der Waals surface area contributed by atoms with E-state index in [1.165, 1.54) is 28.8 Å². The van der Waals surface area contributed by atoms with Crippen molar-refractivity contribution < 1.29 is 4.39 Å². The highest BCUT2D eigenvalue weighted by molar-refractivity contribution is 9.10. The molecule has 0 saturated carbocycles. The van der Waals surface area contributed by atoms with E-state index in [4.69, 9.17) is 0 Å². The maximum absolute atomic E-state index is 13.0. The minimum absolute atomic E-state index is 0.190. The topological polar surface area (TPSA) is 12.0 Å². The van der Waals surface area contributed by atoms with Gasteiger partial charge in [0.05, 0.1) is 0 Å². The summed E-state index contributed by atoms with van der Waals surface area (Å²) < 4.78 is 14.1. The monoisotopic (exact) mass is 335 g/mol. The molecule has 0 amide bonds. The van der Waals surface area contributed by atoms with Crippen molar-refractivity contribution in [3.05, 3.63) is 68.9 Å². The van der Waals surface area contributed by atoms with Crippen LogP contribution in [-0.4, -0.2) is 7.05 Å². The van der Waals surface area contributed by atoms with E-state index in [1.54, 1.807) is 0 Å². The molecule has 0 bridgehead atoms. The summed E-state index contributed by atoms with van der Waals surface area (Å²) in [5.41, 5.74) is 4.86. The zero-order valence-electron chi connectivity index (χ0n) is 12.0. The smallest absolute Gasteiger partial charge is 0.123 e. The zero-order chi connectivity index (χ0) is 14.7. The van der Waals surface area contributed by atoms with Crippen LogP contribution in [0.3, 0.4) is 0 Å². The van der Waals surface area contributed by atoms with Crippen molar-refractivity contribution in [2.45, 2.75) is 26.3 Å². The summed E-state index contributed by atoms with van der Waals surface area (Å²) in [5.74, 6) is -0.190. The summed E-state index contributed by atoms with van der Waals surface area (Å²) in [6.07, 6.45) is 0.845. The molecule has 0 spiro atoms. The first-order chi connectivity index (χ1) is 9.51. The second-order valence-corrected chi connectivity index (χ2v) is 5.93. The van der Waals surface area contributed by atoms with Gasteiger partial charge in [-0.3, -0.25) is 0 Å². The van der Waals surface area contributed by atoms with Gasteiger partial charge in [0, 0.05) is 10.5 Å². The summed E-state index contributed by atoms with van der Waals surface area (Å²) in [6.45, 7) is 4.20. The number of aryl methyl sites for hydroxylation is 2. The predicted octanol–water partition coefficient (Wildman–Crippen LogP) is 4.71. The Labute approximate surface area is 128 Å². The molecule has 0 saturated heterocycles. The van der Waals surface area contributed by atoms with Crippen LogP contribution in [0.4, 0.5) is 4.39 Å². The molecule has 0 radical (unpaired) electrons. The molecule has 0 aliphatic carbocycles. The van der Waals surface area contributed by atoms with Gasteiger partial charge >= 0.3 is 0 Å². The van der Waals surface area contributed by atoms with Crippen molar-refractivity contribution in [3.8, 4) is 0 Å². The van der Waals surface area contributed by atoms with E-state index in [-0.39, 0.29) is 11.9 Å². The van der Waals surface area contributed by atoms with Gasteiger partial charge in [-0.2, -0.15) is 0 Å². The molecular weight excluding hydrogens is 317 g/mol.